The minimum absolute atomic E-state index is 0.192. The van der Waals surface area contributed by atoms with Gasteiger partial charge in [0, 0.05) is 34.1 Å². The number of carbonyl (C=O) groups excluding carboxylic acids is 1. The Morgan fingerprint density at radius 1 is 1.17 bits per heavy atom. The lowest BCUT2D eigenvalue weighted by molar-refractivity contribution is -0.121. The Labute approximate surface area is 175 Å². The van der Waals surface area contributed by atoms with Crippen LogP contribution in [0.15, 0.2) is 65.8 Å². The van der Waals surface area contributed by atoms with Gasteiger partial charge in [-0.1, -0.05) is 41.9 Å². The quantitative estimate of drug-likeness (QED) is 0.438. The normalized spacial score (nSPS) is 12.3. The highest BCUT2D eigenvalue weighted by Gasteiger charge is 2.11. The summed E-state index contributed by atoms with van der Waals surface area (Å²) in [7, 11) is 0. The predicted molar refractivity (Wildman–Crippen MR) is 117 cm³/mol. The van der Waals surface area contributed by atoms with Gasteiger partial charge in [0.15, 0.2) is 0 Å². The second kappa shape index (κ2) is 9.54. The summed E-state index contributed by atoms with van der Waals surface area (Å²) < 4.78 is 2.11. The molecule has 1 amide bonds. The van der Waals surface area contributed by atoms with Gasteiger partial charge in [0.1, 0.15) is 0 Å². The molecule has 0 aliphatic rings. The molecule has 2 N–H and O–H groups in total. The summed E-state index contributed by atoms with van der Waals surface area (Å²) in [5, 5.41) is 14.9. The van der Waals surface area contributed by atoms with Crippen molar-refractivity contribution in [1.29, 1.82) is 0 Å². The molecule has 0 fully saturated rings. The van der Waals surface area contributed by atoms with E-state index in [1.165, 1.54) is 0 Å². The van der Waals surface area contributed by atoms with Crippen LogP contribution < -0.4 is 5.43 Å². The van der Waals surface area contributed by atoms with Crippen LogP contribution in [0.4, 0.5) is 0 Å². The van der Waals surface area contributed by atoms with E-state index in [1.54, 1.807) is 6.21 Å². The lowest BCUT2D eigenvalue weighted by atomic mass is 10.1. The van der Waals surface area contributed by atoms with E-state index in [1.807, 2.05) is 74.5 Å². The number of nitrogens with zero attached hydrogens (tertiary/aromatic N) is 2. The number of aliphatic hydroxyl groups excluding tert-OH is 1. The van der Waals surface area contributed by atoms with E-state index in [9.17, 15) is 9.90 Å². The zero-order valence-corrected chi connectivity index (χ0v) is 17.2. The lowest BCUT2D eigenvalue weighted by Gasteiger charge is -2.10. The summed E-state index contributed by atoms with van der Waals surface area (Å²) in [5.74, 6) is -0.234. The minimum Gasteiger partial charge on any atom is -0.388 e. The molecule has 3 rings (SSSR count). The molecule has 0 spiro atoms. The number of carbonyl (C=O) groups is 1. The highest BCUT2D eigenvalue weighted by molar-refractivity contribution is 6.30. The SMILES string of the molecule is Cc1cc(/C=N\NC(=O)CC[C@@H](O)c2ccccc2)c(C)n1-c1ccc(Cl)cc1. The fraction of sp³-hybridized carbons (Fsp3) is 0.217. The van der Waals surface area contributed by atoms with Crippen molar-refractivity contribution in [2.24, 2.45) is 5.10 Å². The van der Waals surface area contributed by atoms with Gasteiger partial charge in [-0.2, -0.15) is 5.10 Å². The number of nitrogens with one attached hydrogen (secondary N) is 1. The Hall–Kier alpha value is -2.89. The molecule has 0 bridgehead atoms. The van der Waals surface area contributed by atoms with E-state index in [0.717, 1.165) is 28.2 Å². The van der Waals surface area contributed by atoms with E-state index in [2.05, 4.69) is 15.1 Å². The summed E-state index contributed by atoms with van der Waals surface area (Å²) >= 11 is 5.98. The van der Waals surface area contributed by atoms with Crippen LogP contribution in [0.2, 0.25) is 5.02 Å². The van der Waals surface area contributed by atoms with Crippen LogP contribution in [0.5, 0.6) is 0 Å². The van der Waals surface area contributed by atoms with Gasteiger partial charge in [-0.3, -0.25) is 4.79 Å². The van der Waals surface area contributed by atoms with Crippen molar-refractivity contribution in [3.05, 3.63) is 88.2 Å². The van der Waals surface area contributed by atoms with Crippen molar-refractivity contribution in [2.45, 2.75) is 32.8 Å². The molecule has 0 radical (unpaired) electrons. The van der Waals surface area contributed by atoms with E-state index in [4.69, 9.17) is 11.6 Å². The first-order chi connectivity index (χ1) is 14.0. The van der Waals surface area contributed by atoms with Gasteiger partial charge in [0.05, 0.1) is 12.3 Å². The molecule has 0 saturated heterocycles. The van der Waals surface area contributed by atoms with Crippen LogP contribution in [0, 0.1) is 13.8 Å². The third kappa shape index (κ3) is 5.34. The highest BCUT2D eigenvalue weighted by atomic mass is 35.5. The third-order valence-electron chi connectivity index (χ3n) is 4.78. The molecule has 1 heterocycles. The topological polar surface area (TPSA) is 66.6 Å². The maximum atomic E-state index is 12.0. The second-order valence-corrected chi connectivity index (χ2v) is 7.33. The Kier molecular flexibility index (Phi) is 6.86. The van der Waals surface area contributed by atoms with Crippen LogP contribution in [-0.4, -0.2) is 21.8 Å². The first-order valence-electron chi connectivity index (χ1n) is 9.45. The maximum absolute atomic E-state index is 12.0. The largest absolute Gasteiger partial charge is 0.388 e. The zero-order chi connectivity index (χ0) is 20.8. The number of aromatic nitrogens is 1. The highest BCUT2D eigenvalue weighted by Crippen LogP contribution is 2.21. The number of hydrogen-bond donors (Lipinski definition) is 2. The molecule has 0 aliphatic carbocycles. The average molecular weight is 410 g/mol. The number of rotatable bonds is 7. The van der Waals surface area contributed by atoms with Gasteiger partial charge in [-0.15, -0.1) is 0 Å². The van der Waals surface area contributed by atoms with Crippen molar-refractivity contribution in [1.82, 2.24) is 9.99 Å². The first kappa shape index (κ1) is 20.8. The monoisotopic (exact) mass is 409 g/mol. The molecule has 6 heteroatoms. The Bertz CT molecular complexity index is 995. The molecule has 2 aromatic carbocycles. The average Bonchev–Trinajstić information content (AvgIpc) is 3.01. The fourth-order valence-electron chi connectivity index (χ4n) is 3.25. The summed E-state index contributed by atoms with van der Waals surface area (Å²) in [4.78, 5) is 12.0. The molecule has 0 unspecified atom stereocenters. The molecular weight excluding hydrogens is 386 g/mol. The number of aryl methyl sites for hydroxylation is 1. The van der Waals surface area contributed by atoms with Crippen LogP contribution in [0.25, 0.3) is 5.69 Å². The predicted octanol–water partition coefficient (Wildman–Crippen LogP) is 4.71. The smallest absolute Gasteiger partial charge is 0.240 e. The molecule has 0 saturated carbocycles. The number of amides is 1. The second-order valence-electron chi connectivity index (χ2n) is 6.90. The molecule has 3 aromatic rings. The van der Waals surface area contributed by atoms with E-state index >= 15 is 0 Å². The van der Waals surface area contributed by atoms with Crippen LogP contribution >= 0.6 is 11.6 Å². The molecular formula is C23H24ClN3O2. The van der Waals surface area contributed by atoms with Crippen LogP contribution in [-0.2, 0) is 4.79 Å². The fourth-order valence-corrected chi connectivity index (χ4v) is 3.37. The standard InChI is InChI=1S/C23H24ClN3O2/c1-16-14-19(17(2)27(16)21-10-8-20(24)9-11-21)15-25-26-23(29)13-12-22(28)18-6-4-3-5-7-18/h3-11,14-15,22,28H,12-13H2,1-2H3,(H,26,29)/b25-15-/t22-/m1/s1. The van der Waals surface area contributed by atoms with Gasteiger partial charge in [-0.25, -0.2) is 5.43 Å². The number of halogens is 1. The Morgan fingerprint density at radius 2 is 1.86 bits per heavy atom. The Morgan fingerprint density at radius 3 is 2.55 bits per heavy atom. The number of hydrazone groups is 1. The van der Waals surface area contributed by atoms with Crippen molar-refractivity contribution in [2.75, 3.05) is 0 Å². The van der Waals surface area contributed by atoms with Crippen molar-refractivity contribution in [3.8, 4) is 5.69 Å². The molecule has 5 nitrogen and oxygen atoms in total. The van der Waals surface area contributed by atoms with Gasteiger partial charge in [0.2, 0.25) is 5.91 Å². The summed E-state index contributed by atoms with van der Waals surface area (Å²) in [5.41, 5.74) is 7.35. The Balaban J connectivity index is 1.58. The van der Waals surface area contributed by atoms with Gasteiger partial charge in [0.25, 0.3) is 0 Å². The maximum Gasteiger partial charge on any atom is 0.240 e. The van der Waals surface area contributed by atoms with Crippen molar-refractivity contribution >= 4 is 23.7 Å². The summed E-state index contributed by atoms with van der Waals surface area (Å²) in [6.45, 7) is 4.02. The van der Waals surface area contributed by atoms with Crippen LogP contribution in [0.3, 0.4) is 0 Å². The van der Waals surface area contributed by atoms with Gasteiger partial charge >= 0.3 is 0 Å². The molecule has 0 aliphatic heterocycles. The zero-order valence-electron chi connectivity index (χ0n) is 16.5. The summed E-state index contributed by atoms with van der Waals surface area (Å²) in [6, 6.07) is 19.0. The van der Waals surface area contributed by atoms with Crippen LogP contribution in [0.1, 0.15) is 41.5 Å². The number of benzene rings is 2. The number of aliphatic hydroxyl groups is 1. The summed E-state index contributed by atoms with van der Waals surface area (Å²) in [6.07, 6.45) is 1.51. The molecule has 29 heavy (non-hydrogen) atoms. The van der Waals surface area contributed by atoms with Crippen molar-refractivity contribution < 1.29 is 9.90 Å². The van der Waals surface area contributed by atoms with E-state index < -0.39 is 6.10 Å². The third-order valence-corrected chi connectivity index (χ3v) is 5.03. The minimum atomic E-state index is -0.663. The first-order valence-corrected chi connectivity index (χ1v) is 9.83. The molecule has 1 aromatic heterocycles. The van der Waals surface area contributed by atoms with Gasteiger partial charge in [-0.05, 0) is 56.2 Å². The van der Waals surface area contributed by atoms with Crippen molar-refractivity contribution in [3.63, 3.8) is 0 Å². The lowest BCUT2D eigenvalue weighted by Crippen LogP contribution is -2.18. The van der Waals surface area contributed by atoms with Gasteiger partial charge < -0.3 is 9.67 Å². The van der Waals surface area contributed by atoms with E-state index in [0.29, 0.717) is 11.4 Å². The number of hydrogen-bond acceptors (Lipinski definition) is 3. The molecule has 150 valence electrons. The van der Waals surface area contributed by atoms with E-state index in [-0.39, 0.29) is 12.3 Å². The molecule has 1 atom stereocenters.